The van der Waals surface area contributed by atoms with Crippen LogP contribution in [0, 0.1) is 0 Å². The van der Waals surface area contributed by atoms with E-state index in [0.717, 1.165) is 16.7 Å². The third-order valence-electron chi connectivity index (χ3n) is 3.16. The first-order valence-electron chi connectivity index (χ1n) is 5.28. The van der Waals surface area contributed by atoms with Crippen LogP contribution in [0.15, 0.2) is 50.3 Å². The Hall–Kier alpha value is -2.43. The number of fused-ring (bicyclic) bond motifs is 4. The van der Waals surface area contributed by atoms with Crippen LogP contribution in [0.5, 0.6) is 0 Å². The van der Waals surface area contributed by atoms with E-state index in [9.17, 15) is 4.79 Å². The van der Waals surface area contributed by atoms with Crippen molar-refractivity contribution in [1.82, 2.24) is 0 Å². The predicted octanol–water partition coefficient (Wildman–Crippen LogP) is 1.76. The highest BCUT2D eigenvalue weighted by Gasteiger charge is 2.36. The van der Waals surface area contributed by atoms with E-state index < -0.39 is 0 Å². The first-order chi connectivity index (χ1) is 8.34. The van der Waals surface area contributed by atoms with Crippen molar-refractivity contribution in [3.8, 4) is 0 Å². The van der Waals surface area contributed by atoms with Crippen LogP contribution < -0.4 is 0 Å². The summed E-state index contributed by atoms with van der Waals surface area (Å²) in [5.74, 6) is 0.112. The smallest absolute Gasteiger partial charge is 0.267 e. The number of benzene rings is 1. The monoisotopic (exact) mass is 222 g/mol. The van der Waals surface area contributed by atoms with Gasteiger partial charge in [-0.25, -0.2) is 0 Å². The van der Waals surface area contributed by atoms with Crippen molar-refractivity contribution in [3.63, 3.8) is 0 Å². The number of carbonyl (C=O) groups excluding carboxylic acids is 1. The number of hydrogen-bond donors (Lipinski definition) is 0. The van der Waals surface area contributed by atoms with Gasteiger partial charge in [-0.15, -0.1) is 10.2 Å². The third kappa shape index (κ3) is 1.00. The highest BCUT2D eigenvalue weighted by molar-refractivity contribution is 6.56. The van der Waals surface area contributed by atoms with E-state index in [-0.39, 0.29) is 5.91 Å². The van der Waals surface area contributed by atoms with Gasteiger partial charge in [0.05, 0.1) is 5.57 Å². The molecule has 0 saturated carbocycles. The van der Waals surface area contributed by atoms with Crippen LogP contribution in [0.1, 0.15) is 11.1 Å². The average molecular weight is 222 g/mol. The molecule has 1 amide bonds. The molecule has 5 heteroatoms. The molecule has 4 rings (SSSR count). The summed E-state index contributed by atoms with van der Waals surface area (Å²) in [5, 5.41) is 11.3. The fraction of sp³-hybridized carbons (Fsp3) is 0.0833. The molecule has 0 fully saturated rings. The molecule has 2 heterocycles. The van der Waals surface area contributed by atoms with E-state index >= 15 is 0 Å². The maximum absolute atomic E-state index is 12.0. The Kier molecular flexibility index (Phi) is 1.44. The van der Waals surface area contributed by atoms with Crippen LogP contribution in [-0.4, -0.2) is 17.5 Å². The number of hydrogen-bond acceptors (Lipinski definition) is 4. The van der Waals surface area contributed by atoms with Gasteiger partial charge in [0.25, 0.3) is 5.91 Å². The molecule has 5 nitrogen and oxygen atoms in total. The van der Waals surface area contributed by atoms with Crippen LogP contribution in [0.2, 0.25) is 0 Å². The molecule has 17 heavy (non-hydrogen) atoms. The first kappa shape index (κ1) is 8.69. The van der Waals surface area contributed by atoms with Crippen LogP contribution in [0.4, 0.5) is 0 Å². The number of amidine groups is 1. The van der Waals surface area contributed by atoms with Crippen LogP contribution in [0.25, 0.3) is 5.57 Å². The van der Waals surface area contributed by atoms with E-state index in [1.165, 1.54) is 0 Å². The zero-order valence-electron chi connectivity index (χ0n) is 8.71. The van der Waals surface area contributed by atoms with E-state index in [1.807, 2.05) is 24.3 Å². The van der Waals surface area contributed by atoms with Gasteiger partial charge >= 0.3 is 0 Å². The maximum atomic E-state index is 12.0. The lowest BCUT2D eigenvalue weighted by Crippen LogP contribution is -2.20. The Bertz CT molecular complexity index is 694. The number of rotatable bonds is 0. The fourth-order valence-electron chi connectivity index (χ4n) is 2.43. The summed E-state index contributed by atoms with van der Waals surface area (Å²) in [6, 6.07) is 7.85. The minimum absolute atomic E-state index is 0.236. The van der Waals surface area contributed by atoms with Gasteiger partial charge in [0, 0.05) is 12.0 Å². The molecule has 0 radical (unpaired) electrons. The summed E-state index contributed by atoms with van der Waals surface area (Å²) in [5.41, 5.74) is 4.32. The average Bonchev–Trinajstić information content (AvgIpc) is 2.91. The fourth-order valence-corrected chi connectivity index (χ4v) is 2.43. The Morgan fingerprint density at radius 2 is 2.06 bits per heavy atom. The second kappa shape index (κ2) is 2.82. The van der Waals surface area contributed by atoms with E-state index in [1.54, 1.807) is 0 Å². The molecule has 0 N–H and O–H groups in total. The van der Waals surface area contributed by atoms with Crippen molar-refractivity contribution >= 4 is 23.0 Å². The summed E-state index contributed by atoms with van der Waals surface area (Å²) in [4.78, 5) is 15.9. The number of dihydropyridines is 1. The van der Waals surface area contributed by atoms with Gasteiger partial charge < -0.3 is 0 Å². The second-order valence-corrected chi connectivity index (χ2v) is 4.07. The zero-order chi connectivity index (χ0) is 11.4. The van der Waals surface area contributed by atoms with Crippen LogP contribution in [-0.2, 0) is 11.2 Å². The van der Waals surface area contributed by atoms with E-state index in [4.69, 9.17) is 0 Å². The van der Waals surface area contributed by atoms with Gasteiger partial charge in [0.1, 0.15) is 5.71 Å². The lowest BCUT2D eigenvalue weighted by Gasteiger charge is -2.09. The molecule has 0 unspecified atom stereocenters. The van der Waals surface area contributed by atoms with Crippen molar-refractivity contribution in [3.05, 3.63) is 41.0 Å². The summed E-state index contributed by atoms with van der Waals surface area (Å²) >= 11 is 0. The summed E-state index contributed by atoms with van der Waals surface area (Å²) < 4.78 is 0. The molecule has 1 aliphatic carbocycles. The quantitative estimate of drug-likeness (QED) is 0.659. The van der Waals surface area contributed by atoms with Gasteiger partial charge in [-0.05, 0) is 16.4 Å². The number of amides is 1. The number of carbonyl (C=O) groups is 1. The molecule has 3 aliphatic rings. The molecule has 0 atom stereocenters. The van der Waals surface area contributed by atoms with Crippen molar-refractivity contribution in [2.75, 3.05) is 0 Å². The Morgan fingerprint density at radius 1 is 1.18 bits per heavy atom. The minimum Gasteiger partial charge on any atom is -0.267 e. The van der Waals surface area contributed by atoms with E-state index in [0.29, 0.717) is 23.5 Å². The maximum Gasteiger partial charge on any atom is 0.280 e. The largest absolute Gasteiger partial charge is 0.280 e. The van der Waals surface area contributed by atoms with E-state index in [2.05, 4.69) is 20.4 Å². The summed E-state index contributed by atoms with van der Waals surface area (Å²) in [7, 11) is 0. The molecule has 1 aromatic rings. The molecule has 0 spiro atoms. The summed E-state index contributed by atoms with van der Waals surface area (Å²) in [6.07, 6.45) is 0.708. The molecule has 2 aliphatic heterocycles. The molecule has 80 valence electrons. The second-order valence-electron chi connectivity index (χ2n) is 4.07. The van der Waals surface area contributed by atoms with Gasteiger partial charge in [-0.2, -0.15) is 4.99 Å². The molecular formula is C12H6N4O. The van der Waals surface area contributed by atoms with Gasteiger partial charge in [-0.1, -0.05) is 24.3 Å². The van der Waals surface area contributed by atoms with Gasteiger partial charge in [-0.3, -0.25) is 4.79 Å². The van der Waals surface area contributed by atoms with Crippen molar-refractivity contribution in [2.45, 2.75) is 6.42 Å². The predicted molar refractivity (Wildman–Crippen MR) is 61.8 cm³/mol. The highest BCUT2D eigenvalue weighted by Crippen LogP contribution is 2.37. The zero-order valence-corrected chi connectivity index (χ0v) is 8.71. The molecule has 1 aromatic carbocycles. The molecular weight excluding hydrogens is 216 g/mol. The van der Waals surface area contributed by atoms with Gasteiger partial charge in [0.2, 0.25) is 5.84 Å². The van der Waals surface area contributed by atoms with Crippen LogP contribution in [0.3, 0.4) is 0 Å². The van der Waals surface area contributed by atoms with Crippen LogP contribution >= 0.6 is 0 Å². The lowest BCUT2D eigenvalue weighted by atomic mass is 10.00. The lowest BCUT2D eigenvalue weighted by molar-refractivity contribution is -0.112. The summed E-state index contributed by atoms with van der Waals surface area (Å²) in [6.45, 7) is 0. The Labute approximate surface area is 96.3 Å². The SMILES string of the molecule is O=C1N=C2N=NN=C2C2=C1c1ccccc1C2. The third-order valence-corrected chi connectivity index (χ3v) is 3.16. The van der Waals surface area contributed by atoms with Crippen molar-refractivity contribution in [2.24, 2.45) is 20.4 Å². The molecule has 0 aromatic heterocycles. The standard InChI is InChI=1S/C12H6N4O/c17-12-9-7-4-2-1-3-6(7)5-8(9)10-11(13-12)15-16-14-10/h1-4H,5H2. The normalized spacial score (nSPS) is 19.9. The number of aliphatic imine (C=N–C) groups is 1. The first-order valence-corrected chi connectivity index (χ1v) is 5.28. The Balaban J connectivity index is 1.98. The van der Waals surface area contributed by atoms with Crippen molar-refractivity contribution < 1.29 is 4.79 Å². The van der Waals surface area contributed by atoms with Gasteiger partial charge in [0.15, 0.2) is 0 Å². The topological polar surface area (TPSA) is 66.5 Å². The molecule has 0 bridgehead atoms. The minimum atomic E-state index is -0.236. The number of nitrogens with zero attached hydrogens (tertiary/aromatic N) is 4. The highest BCUT2D eigenvalue weighted by atomic mass is 16.1. The van der Waals surface area contributed by atoms with Crippen molar-refractivity contribution in [1.29, 1.82) is 0 Å². The Morgan fingerprint density at radius 3 is 3.00 bits per heavy atom. The molecule has 0 saturated heterocycles.